The molecule has 8 heteroatoms. The van der Waals surface area contributed by atoms with Crippen molar-refractivity contribution in [3.63, 3.8) is 0 Å². The molecule has 0 saturated carbocycles. The molecule has 1 atom stereocenters. The van der Waals surface area contributed by atoms with Crippen LogP contribution in [0.5, 0.6) is 5.75 Å². The smallest absolute Gasteiger partial charge is 0.300 e. The van der Waals surface area contributed by atoms with E-state index in [2.05, 4.69) is 4.98 Å². The predicted molar refractivity (Wildman–Crippen MR) is 127 cm³/mol. The highest BCUT2D eigenvalue weighted by molar-refractivity contribution is 6.51. The Morgan fingerprint density at radius 2 is 1.86 bits per heavy atom. The Morgan fingerprint density at radius 1 is 1.09 bits per heavy atom. The highest BCUT2D eigenvalue weighted by Gasteiger charge is 2.47. The van der Waals surface area contributed by atoms with E-state index in [1.807, 2.05) is 20.8 Å². The van der Waals surface area contributed by atoms with Gasteiger partial charge in [-0.1, -0.05) is 19.9 Å². The average molecular weight is 478 g/mol. The number of halogens is 2. The fourth-order valence-electron chi connectivity index (χ4n) is 4.14. The van der Waals surface area contributed by atoms with Gasteiger partial charge in [0, 0.05) is 23.5 Å². The monoisotopic (exact) mass is 478 g/mol. The third-order valence-corrected chi connectivity index (χ3v) is 5.80. The van der Waals surface area contributed by atoms with E-state index in [1.165, 1.54) is 12.3 Å². The number of hydrogen-bond acceptors (Lipinski definition) is 5. The molecule has 0 aliphatic carbocycles. The lowest BCUT2D eigenvalue weighted by molar-refractivity contribution is -0.132. The SMILES string of the molecule is CCOc1ccc(/C(O)=C2/C(=O)C(=O)N(c3ccc(F)c(F)c3)C2c2ccccn2)cc1C(C)C. The molecule has 0 spiro atoms. The van der Waals surface area contributed by atoms with E-state index < -0.39 is 35.1 Å². The lowest BCUT2D eigenvalue weighted by Crippen LogP contribution is -2.30. The molecule has 2 aromatic carbocycles. The summed E-state index contributed by atoms with van der Waals surface area (Å²) in [6, 6.07) is 11.7. The topological polar surface area (TPSA) is 79.7 Å². The van der Waals surface area contributed by atoms with Crippen molar-refractivity contribution >= 4 is 23.1 Å². The molecule has 35 heavy (non-hydrogen) atoms. The Hall–Kier alpha value is -4.07. The summed E-state index contributed by atoms with van der Waals surface area (Å²) in [5.74, 6) is -3.88. The van der Waals surface area contributed by atoms with Gasteiger partial charge in [-0.3, -0.25) is 19.5 Å². The number of hydrogen-bond donors (Lipinski definition) is 1. The first-order valence-electron chi connectivity index (χ1n) is 11.2. The van der Waals surface area contributed by atoms with Crippen molar-refractivity contribution in [2.75, 3.05) is 11.5 Å². The molecular formula is C27H24F2N2O4. The van der Waals surface area contributed by atoms with E-state index in [-0.39, 0.29) is 22.9 Å². The lowest BCUT2D eigenvalue weighted by atomic mass is 9.94. The molecule has 6 nitrogen and oxygen atoms in total. The van der Waals surface area contributed by atoms with Crippen LogP contribution in [-0.2, 0) is 9.59 Å². The molecule has 4 rings (SSSR count). The van der Waals surface area contributed by atoms with Gasteiger partial charge in [0.2, 0.25) is 0 Å². The van der Waals surface area contributed by atoms with Gasteiger partial charge in [-0.05, 0) is 60.9 Å². The number of carbonyl (C=O) groups excluding carboxylic acids is 2. The second-order valence-electron chi connectivity index (χ2n) is 8.36. The van der Waals surface area contributed by atoms with Crippen LogP contribution >= 0.6 is 0 Å². The first-order valence-corrected chi connectivity index (χ1v) is 11.2. The van der Waals surface area contributed by atoms with E-state index in [0.717, 1.165) is 22.6 Å². The van der Waals surface area contributed by atoms with Crippen LogP contribution in [0.25, 0.3) is 5.76 Å². The third-order valence-electron chi connectivity index (χ3n) is 5.80. The number of pyridine rings is 1. The number of benzene rings is 2. The largest absolute Gasteiger partial charge is 0.507 e. The maximum atomic E-state index is 14.0. The molecular weight excluding hydrogens is 454 g/mol. The summed E-state index contributed by atoms with van der Waals surface area (Å²) in [4.78, 5) is 31.6. The van der Waals surface area contributed by atoms with Crippen molar-refractivity contribution in [3.8, 4) is 5.75 Å². The van der Waals surface area contributed by atoms with Crippen LogP contribution in [0.4, 0.5) is 14.5 Å². The van der Waals surface area contributed by atoms with Crippen molar-refractivity contribution < 1.29 is 28.2 Å². The number of aliphatic hydroxyl groups excluding tert-OH is 1. The highest BCUT2D eigenvalue weighted by atomic mass is 19.2. The third kappa shape index (κ3) is 4.39. The fourth-order valence-corrected chi connectivity index (χ4v) is 4.14. The molecule has 0 bridgehead atoms. The number of aromatic nitrogens is 1. The summed E-state index contributed by atoms with van der Waals surface area (Å²) >= 11 is 0. The zero-order chi connectivity index (χ0) is 25.3. The number of ether oxygens (including phenoxy) is 1. The molecule has 1 saturated heterocycles. The summed E-state index contributed by atoms with van der Waals surface area (Å²) in [5.41, 5.74) is 1.20. The maximum absolute atomic E-state index is 14.0. The zero-order valence-corrected chi connectivity index (χ0v) is 19.5. The second-order valence-corrected chi connectivity index (χ2v) is 8.36. The number of aliphatic hydroxyl groups is 1. The Bertz CT molecular complexity index is 1320. The van der Waals surface area contributed by atoms with Crippen LogP contribution in [0.1, 0.15) is 49.6 Å². The van der Waals surface area contributed by atoms with Crippen LogP contribution in [0.15, 0.2) is 66.4 Å². The Labute approximate surface area is 201 Å². The minimum Gasteiger partial charge on any atom is -0.507 e. The van der Waals surface area contributed by atoms with Gasteiger partial charge in [0.05, 0.1) is 17.9 Å². The van der Waals surface area contributed by atoms with Crippen molar-refractivity contribution in [3.05, 3.63) is 94.8 Å². The van der Waals surface area contributed by atoms with Gasteiger partial charge in [0.15, 0.2) is 11.6 Å². The molecule has 1 N–H and O–H groups in total. The second kappa shape index (κ2) is 9.66. The van der Waals surface area contributed by atoms with Crippen LogP contribution in [-0.4, -0.2) is 28.4 Å². The van der Waals surface area contributed by atoms with Crippen molar-refractivity contribution in [2.45, 2.75) is 32.7 Å². The molecule has 1 amide bonds. The maximum Gasteiger partial charge on any atom is 0.300 e. The van der Waals surface area contributed by atoms with E-state index >= 15 is 0 Å². The summed E-state index contributed by atoms with van der Waals surface area (Å²) in [5, 5.41) is 11.3. The molecule has 0 radical (unpaired) electrons. The molecule has 1 aliphatic rings. The Balaban J connectivity index is 1.92. The fraction of sp³-hybridized carbons (Fsp3) is 0.222. The average Bonchev–Trinajstić information content (AvgIpc) is 3.11. The predicted octanol–water partition coefficient (Wildman–Crippen LogP) is 5.51. The van der Waals surface area contributed by atoms with Crippen molar-refractivity contribution in [2.24, 2.45) is 0 Å². The number of rotatable bonds is 6. The van der Waals surface area contributed by atoms with Crippen LogP contribution in [0, 0.1) is 11.6 Å². The number of carbonyl (C=O) groups is 2. The van der Waals surface area contributed by atoms with Crippen LogP contribution < -0.4 is 9.64 Å². The summed E-state index contributed by atoms with van der Waals surface area (Å²) in [6.07, 6.45) is 1.48. The first kappa shape index (κ1) is 24.1. The Morgan fingerprint density at radius 3 is 2.49 bits per heavy atom. The Kier molecular flexibility index (Phi) is 6.64. The van der Waals surface area contributed by atoms with Gasteiger partial charge in [-0.2, -0.15) is 0 Å². The summed E-state index contributed by atoms with van der Waals surface area (Å²) in [7, 11) is 0. The number of Topliss-reactive ketones (excluding diaryl/α,β-unsaturated/α-hetero) is 1. The zero-order valence-electron chi connectivity index (χ0n) is 19.5. The van der Waals surface area contributed by atoms with Gasteiger partial charge in [-0.25, -0.2) is 8.78 Å². The minimum absolute atomic E-state index is 0.0322. The quantitative estimate of drug-likeness (QED) is 0.287. The number of anilines is 1. The standard InChI is InChI=1S/C27H24F2N2O4/c1-4-35-22-11-8-16(13-18(22)15(2)3)25(32)23-24(21-7-5-6-12-30-21)31(27(34)26(23)33)17-9-10-19(28)20(29)14-17/h5-15,24,32H,4H2,1-3H3/b25-23-. The minimum atomic E-state index is -1.17. The molecule has 3 aromatic rings. The van der Waals surface area contributed by atoms with E-state index in [0.29, 0.717) is 17.9 Å². The summed E-state index contributed by atoms with van der Waals surface area (Å²) in [6.45, 7) is 6.27. The van der Waals surface area contributed by atoms with E-state index in [9.17, 15) is 23.5 Å². The molecule has 1 aliphatic heterocycles. The first-order chi connectivity index (χ1) is 16.7. The van der Waals surface area contributed by atoms with Gasteiger partial charge in [0.25, 0.3) is 11.7 Å². The van der Waals surface area contributed by atoms with Crippen molar-refractivity contribution in [1.82, 2.24) is 4.98 Å². The molecule has 1 unspecified atom stereocenters. The molecule has 2 heterocycles. The lowest BCUT2D eigenvalue weighted by Gasteiger charge is -2.24. The molecule has 1 aromatic heterocycles. The summed E-state index contributed by atoms with van der Waals surface area (Å²) < 4.78 is 33.3. The number of ketones is 1. The molecule has 1 fully saturated rings. The van der Waals surface area contributed by atoms with Gasteiger partial charge in [0.1, 0.15) is 17.6 Å². The van der Waals surface area contributed by atoms with Crippen LogP contribution in [0.2, 0.25) is 0 Å². The molecule has 180 valence electrons. The van der Waals surface area contributed by atoms with Gasteiger partial charge >= 0.3 is 0 Å². The van der Waals surface area contributed by atoms with E-state index in [1.54, 1.807) is 36.4 Å². The van der Waals surface area contributed by atoms with Gasteiger partial charge < -0.3 is 9.84 Å². The number of amides is 1. The normalized spacial score (nSPS) is 17.3. The van der Waals surface area contributed by atoms with Gasteiger partial charge in [-0.15, -0.1) is 0 Å². The van der Waals surface area contributed by atoms with E-state index in [4.69, 9.17) is 4.74 Å². The highest BCUT2D eigenvalue weighted by Crippen LogP contribution is 2.42. The number of nitrogens with zero attached hydrogens (tertiary/aromatic N) is 2. The van der Waals surface area contributed by atoms with Crippen LogP contribution in [0.3, 0.4) is 0 Å². The van der Waals surface area contributed by atoms with Crippen molar-refractivity contribution in [1.29, 1.82) is 0 Å².